The number of rotatable bonds is 32. The fourth-order valence-corrected chi connectivity index (χ4v) is 13.3. The second-order valence-corrected chi connectivity index (χ2v) is 21.8. The first-order valence-corrected chi connectivity index (χ1v) is 26.8. The quantitative estimate of drug-likeness (QED) is 0.0499. The van der Waals surface area contributed by atoms with E-state index in [1.807, 2.05) is 0 Å². The van der Waals surface area contributed by atoms with Gasteiger partial charge in [0.2, 0.25) is 0 Å². The number of fused-ring (bicyclic) bond motifs is 5. The first-order chi connectivity index (χ1) is 29.7. The van der Waals surface area contributed by atoms with Crippen LogP contribution >= 0.6 is 0 Å². The monoisotopic (exact) mass is 847 g/mol. The van der Waals surface area contributed by atoms with Crippen molar-refractivity contribution < 1.29 is 18.9 Å². The number of hydrogen-bond acceptors (Lipinski definition) is 4. The predicted molar refractivity (Wildman–Crippen MR) is 260 cm³/mol. The van der Waals surface area contributed by atoms with Crippen LogP contribution in [-0.4, -0.2) is 51.8 Å². The molecule has 0 N–H and O–H groups in total. The van der Waals surface area contributed by atoms with E-state index in [1.165, 1.54) is 141 Å². The first kappa shape index (κ1) is 50.8. The number of ether oxygens (including phenoxy) is 4. The minimum atomic E-state index is 0.158. The molecule has 0 aromatic heterocycles. The Morgan fingerprint density at radius 1 is 0.689 bits per heavy atom. The minimum absolute atomic E-state index is 0.158. The van der Waals surface area contributed by atoms with E-state index in [1.54, 1.807) is 5.57 Å². The summed E-state index contributed by atoms with van der Waals surface area (Å²) in [5.74, 6) is 6.06. The molecule has 5 rings (SSSR count). The lowest BCUT2D eigenvalue weighted by molar-refractivity contribution is -0.0728. The molecule has 0 radical (unpaired) electrons. The third-order valence-electron chi connectivity index (χ3n) is 16.9. The van der Waals surface area contributed by atoms with E-state index in [4.69, 9.17) is 18.9 Å². The Morgan fingerprint density at radius 3 is 2.20 bits per heavy atom. The molecule has 0 aliphatic heterocycles. The van der Waals surface area contributed by atoms with Crippen molar-refractivity contribution >= 4 is 0 Å². The van der Waals surface area contributed by atoms with Crippen molar-refractivity contribution in [2.45, 2.75) is 221 Å². The summed E-state index contributed by atoms with van der Waals surface area (Å²) in [6.07, 6.45) is 51.1. The molecule has 0 heterocycles. The molecule has 4 nitrogen and oxygen atoms in total. The van der Waals surface area contributed by atoms with Gasteiger partial charge in [0.1, 0.15) is 0 Å². The van der Waals surface area contributed by atoms with E-state index < -0.39 is 0 Å². The molecule has 0 bridgehead atoms. The second kappa shape index (κ2) is 28.0. The molecule has 0 saturated heterocycles. The third kappa shape index (κ3) is 16.3. The largest absolute Gasteiger partial charge is 0.379 e. The van der Waals surface area contributed by atoms with Gasteiger partial charge in [0, 0.05) is 6.61 Å². The summed E-state index contributed by atoms with van der Waals surface area (Å²) in [6.45, 7) is 19.2. The highest BCUT2D eigenvalue weighted by Crippen LogP contribution is 2.67. The lowest BCUT2D eigenvalue weighted by atomic mass is 9.47. The van der Waals surface area contributed by atoms with E-state index in [2.05, 4.69) is 84.1 Å². The summed E-state index contributed by atoms with van der Waals surface area (Å²) in [7, 11) is 0. The molecule has 4 unspecified atom stereocenters. The van der Waals surface area contributed by atoms with Gasteiger partial charge < -0.3 is 18.9 Å². The van der Waals surface area contributed by atoms with E-state index in [0.29, 0.717) is 55.9 Å². The molecule has 61 heavy (non-hydrogen) atoms. The normalized spacial score (nSPS) is 30.0. The maximum atomic E-state index is 6.51. The summed E-state index contributed by atoms with van der Waals surface area (Å²) < 4.78 is 25.2. The number of allylic oxidation sites excluding steroid dienone is 7. The van der Waals surface area contributed by atoms with Gasteiger partial charge in [-0.3, -0.25) is 0 Å². The zero-order valence-corrected chi connectivity index (χ0v) is 41.0. The Bertz CT molecular complexity index is 1290. The highest BCUT2D eigenvalue weighted by molar-refractivity contribution is 5.25. The lowest BCUT2D eigenvalue weighted by Crippen LogP contribution is -2.51. The van der Waals surface area contributed by atoms with Gasteiger partial charge in [-0.25, -0.2) is 0 Å². The molecule has 5 aliphatic rings. The van der Waals surface area contributed by atoms with Gasteiger partial charge in [-0.15, -0.1) is 0 Å². The van der Waals surface area contributed by atoms with Gasteiger partial charge >= 0.3 is 0 Å². The molecule has 9 atom stereocenters. The van der Waals surface area contributed by atoms with Gasteiger partial charge in [-0.2, -0.15) is 0 Å². The Hall–Kier alpha value is -1.20. The summed E-state index contributed by atoms with van der Waals surface area (Å²) in [5.41, 5.74) is 2.68. The van der Waals surface area contributed by atoms with Crippen molar-refractivity contribution in [1.82, 2.24) is 0 Å². The fourth-order valence-electron chi connectivity index (χ4n) is 13.3. The minimum Gasteiger partial charge on any atom is -0.379 e. The molecule has 0 amide bonds. The van der Waals surface area contributed by atoms with Gasteiger partial charge in [0.15, 0.2) is 0 Å². The van der Waals surface area contributed by atoms with Crippen LogP contribution in [0.1, 0.15) is 208 Å². The predicted octanol–water partition coefficient (Wildman–Crippen LogP) is 16.0. The van der Waals surface area contributed by atoms with E-state index in [0.717, 1.165) is 67.8 Å². The Morgan fingerprint density at radius 2 is 1.43 bits per heavy atom. The zero-order chi connectivity index (χ0) is 43.2. The van der Waals surface area contributed by atoms with Crippen LogP contribution in [0.4, 0.5) is 0 Å². The van der Waals surface area contributed by atoms with Crippen molar-refractivity contribution in [3.8, 4) is 0 Å². The molecule has 0 aromatic rings. The van der Waals surface area contributed by atoms with Gasteiger partial charge in [-0.1, -0.05) is 147 Å². The number of hydrogen-bond donors (Lipinski definition) is 0. The lowest BCUT2D eigenvalue weighted by Gasteiger charge is -2.58. The first-order valence-electron chi connectivity index (χ1n) is 26.8. The van der Waals surface area contributed by atoms with Gasteiger partial charge in [0.25, 0.3) is 0 Å². The molecule has 4 heteroatoms. The summed E-state index contributed by atoms with van der Waals surface area (Å²) in [6, 6.07) is 0. The van der Waals surface area contributed by atoms with Crippen LogP contribution in [0.3, 0.4) is 0 Å². The Labute approximate surface area is 378 Å². The zero-order valence-electron chi connectivity index (χ0n) is 41.0. The SMILES string of the molecule is CCCCC/C=C\C/C=C\CCCCCCCCOCC(CC1CC=CC1)OCCOCCO[C@H]1CC[C@@]2(C)C(=CCC3C2CC[C@@]2(C)C3CC[C@@H]2[C@H](C)CCCC(C)C)C1. The fraction of sp³-hybridized carbons (Fsp3) is 0.860. The van der Waals surface area contributed by atoms with Crippen LogP contribution < -0.4 is 0 Å². The Balaban J connectivity index is 0.901. The average molecular weight is 847 g/mol. The van der Waals surface area contributed by atoms with Crippen LogP contribution in [0.2, 0.25) is 0 Å². The smallest absolute Gasteiger partial charge is 0.0812 e. The summed E-state index contributed by atoms with van der Waals surface area (Å²) >= 11 is 0. The van der Waals surface area contributed by atoms with Crippen LogP contribution in [0.25, 0.3) is 0 Å². The summed E-state index contributed by atoms with van der Waals surface area (Å²) in [5, 5.41) is 0. The van der Waals surface area contributed by atoms with Crippen molar-refractivity contribution in [2.75, 3.05) is 39.6 Å². The van der Waals surface area contributed by atoms with Gasteiger partial charge in [0.05, 0.1) is 45.2 Å². The number of unbranched alkanes of at least 4 members (excludes halogenated alkanes) is 9. The Kier molecular flexibility index (Phi) is 23.3. The molecule has 3 saturated carbocycles. The molecule has 350 valence electrons. The van der Waals surface area contributed by atoms with Gasteiger partial charge in [-0.05, 0) is 161 Å². The topological polar surface area (TPSA) is 36.9 Å². The molecule has 3 fully saturated rings. The van der Waals surface area contributed by atoms with Crippen molar-refractivity contribution in [2.24, 2.45) is 52.3 Å². The van der Waals surface area contributed by atoms with Crippen molar-refractivity contribution in [3.05, 3.63) is 48.1 Å². The van der Waals surface area contributed by atoms with Crippen LogP contribution in [0.5, 0.6) is 0 Å². The van der Waals surface area contributed by atoms with Crippen molar-refractivity contribution in [3.63, 3.8) is 0 Å². The van der Waals surface area contributed by atoms with E-state index in [9.17, 15) is 0 Å². The highest BCUT2D eigenvalue weighted by Gasteiger charge is 2.59. The maximum Gasteiger partial charge on any atom is 0.0812 e. The van der Waals surface area contributed by atoms with E-state index >= 15 is 0 Å². The third-order valence-corrected chi connectivity index (χ3v) is 16.9. The van der Waals surface area contributed by atoms with E-state index in [-0.39, 0.29) is 6.10 Å². The van der Waals surface area contributed by atoms with Crippen LogP contribution in [-0.2, 0) is 18.9 Å². The molecule has 5 aliphatic carbocycles. The molecular weight excluding hydrogens is 749 g/mol. The maximum absolute atomic E-state index is 6.51. The van der Waals surface area contributed by atoms with Crippen LogP contribution in [0.15, 0.2) is 48.1 Å². The summed E-state index contributed by atoms with van der Waals surface area (Å²) in [4.78, 5) is 0. The standard InChI is InChI=1S/C57H98O4/c1-7-8-9-10-11-12-13-14-15-16-17-18-19-20-21-24-38-59-45-51(43-48-28-22-23-29-48)61-42-40-58-39-41-60-50-34-36-56(5)49(44-50)30-31-52-54-33-32-53(47(4)27-25-26-46(2)3)57(54,6)37-35-55(52)56/h11-12,14-15,22-23,30,46-48,50-55H,7-10,13,16-21,24-29,31-45H2,1-6H3/b12-11-,15-14-/t47-,50+,51?,52?,53-,54?,55?,56+,57-/m1/s1. The molecule has 0 aromatic carbocycles. The molecule has 0 spiro atoms. The highest BCUT2D eigenvalue weighted by atomic mass is 16.6. The van der Waals surface area contributed by atoms with Crippen LogP contribution in [0, 0.1) is 52.3 Å². The second-order valence-electron chi connectivity index (χ2n) is 21.8. The molecular formula is C57H98O4. The van der Waals surface area contributed by atoms with Crippen molar-refractivity contribution in [1.29, 1.82) is 0 Å². The average Bonchev–Trinajstić information content (AvgIpc) is 3.90.